The number of benzene rings is 1. The fourth-order valence-electron chi connectivity index (χ4n) is 10.0. The van der Waals surface area contributed by atoms with E-state index >= 15 is 0 Å². The molecule has 0 spiro atoms. The van der Waals surface area contributed by atoms with Crippen LogP contribution in [-0.4, -0.2) is 52.6 Å². The lowest BCUT2D eigenvalue weighted by atomic mass is 9.38. The standard InChI is InChI=1S/C36H43N5O7/c1-33-16-34(2)18-35(3,17-33)21-36(19-33,20-34)40-28(43)15-41-13-7-9-24(32(41)47)39-29(44)23(11-12-25(42)30(45)37-4)38-31(46)27-14-22-8-5-6-10-26(22)48-27/h5-10,13-14,23H,11-12,15-21H2,1-4H3,(H,37,45)(H,38,46)(H,39,44)(H,40,43)/t23-,33?,34?,35?,36?/m0/s1. The molecule has 1 aromatic carbocycles. The monoisotopic (exact) mass is 657 g/mol. The molecule has 2 aromatic heterocycles. The van der Waals surface area contributed by atoms with Gasteiger partial charge in [-0.05, 0) is 85.5 Å². The summed E-state index contributed by atoms with van der Waals surface area (Å²) in [6.07, 6.45) is 7.19. The molecule has 48 heavy (non-hydrogen) atoms. The second kappa shape index (κ2) is 12.1. The largest absolute Gasteiger partial charge is 0.451 e. The minimum atomic E-state index is -1.30. The van der Waals surface area contributed by atoms with E-state index in [0.717, 1.165) is 38.5 Å². The van der Waals surface area contributed by atoms with Gasteiger partial charge in [0.1, 0.15) is 23.9 Å². The number of carbonyl (C=O) groups excluding carboxylic acids is 5. The molecule has 0 radical (unpaired) electrons. The third kappa shape index (κ3) is 6.65. The van der Waals surface area contributed by atoms with Crippen LogP contribution in [-0.2, 0) is 25.7 Å². The minimum Gasteiger partial charge on any atom is -0.451 e. The highest BCUT2D eigenvalue weighted by molar-refractivity contribution is 6.36. The molecule has 0 aliphatic heterocycles. The minimum absolute atomic E-state index is 0.0456. The Balaban J connectivity index is 1.16. The van der Waals surface area contributed by atoms with Crippen molar-refractivity contribution in [1.82, 2.24) is 20.5 Å². The van der Waals surface area contributed by atoms with E-state index in [1.807, 2.05) is 0 Å². The van der Waals surface area contributed by atoms with Gasteiger partial charge in [-0.3, -0.25) is 28.8 Å². The first kappa shape index (κ1) is 33.2. The zero-order chi connectivity index (χ0) is 34.5. The van der Waals surface area contributed by atoms with Gasteiger partial charge in [-0.2, -0.15) is 0 Å². The van der Waals surface area contributed by atoms with E-state index in [1.165, 1.54) is 29.9 Å². The van der Waals surface area contributed by atoms with Gasteiger partial charge in [-0.25, -0.2) is 0 Å². The molecule has 3 aromatic rings. The van der Waals surface area contributed by atoms with Gasteiger partial charge < -0.3 is 30.3 Å². The van der Waals surface area contributed by atoms with Crippen molar-refractivity contribution >= 4 is 46.1 Å². The number of aromatic nitrogens is 1. The number of likely N-dealkylation sites (N-methyl/N-ethyl adjacent to an activating group) is 1. The zero-order valence-electron chi connectivity index (χ0n) is 27.9. The Hall–Kier alpha value is -4.74. The van der Waals surface area contributed by atoms with Crippen LogP contribution < -0.4 is 26.8 Å². The number of nitrogens with one attached hydrogen (secondary N) is 4. The molecule has 4 fully saturated rings. The number of fused-ring (bicyclic) bond motifs is 1. The van der Waals surface area contributed by atoms with Crippen LogP contribution in [0.4, 0.5) is 5.69 Å². The summed E-state index contributed by atoms with van der Waals surface area (Å²) in [5.74, 6) is -3.38. The number of rotatable bonds is 11. The molecular formula is C36H43N5O7. The van der Waals surface area contributed by atoms with Crippen molar-refractivity contribution in [3.63, 3.8) is 0 Å². The topological polar surface area (TPSA) is 169 Å². The van der Waals surface area contributed by atoms with Gasteiger partial charge >= 0.3 is 0 Å². The first-order valence-corrected chi connectivity index (χ1v) is 16.5. The Morgan fingerprint density at radius 1 is 0.896 bits per heavy atom. The maximum atomic E-state index is 13.5. The van der Waals surface area contributed by atoms with Gasteiger partial charge in [0.05, 0.1) is 0 Å². The molecule has 0 saturated heterocycles. The fraction of sp³-hybridized carbons (Fsp3) is 0.500. The lowest BCUT2D eigenvalue weighted by molar-refractivity contribution is -0.164. The molecule has 1 atom stereocenters. The zero-order valence-corrected chi connectivity index (χ0v) is 27.9. The smallest absolute Gasteiger partial charge is 0.287 e. The van der Waals surface area contributed by atoms with E-state index in [9.17, 15) is 28.8 Å². The van der Waals surface area contributed by atoms with Gasteiger partial charge in [0.15, 0.2) is 5.76 Å². The van der Waals surface area contributed by atoms with Crippen LogP contribution in [0, 0.1) is 16.2 Å². The normalized spacial score (nSPS) is 27.7. The van der Waals surface area contributed by atoms with Crippen LogP contribution in [0.1, 0.15) is 82.7 Å². The Bertz CT molecular complexity index is 1790. The molecule has 4 amide bonds. The molecule has 4 N–H and O–H groups in total. The van der Waals surface area contributed by atoms with E-state index < -0.39 is 35.1 Å². The fourth-order valence-corrected chi connectivity index (χ4v) is 10.0. The molecule has 0 unspecified atom stereocenters. The van der Waals surface area contributed by atoms with Crippen molar-refractivity contribution in [2.24, 2.45) is 16.2 Å². The molecule has 4 saturated carbocycles. The first-order chi connectivity index (χ1) is 22.6. The van der Waals surface area contributed by atoms with Crippen molar-refractivity contribution in [1.29, 1.82) is 0 Å². The molecule has 4 aliphatic rings. The Morgan fingerprint density at radius 2 is 1.54 bits per heavy atom. The Morgan fingerprint density at radius 3 is 2.17 bits per heavy atom. The van der Waals surface area contributed by atoms with Crippen molar-refractivity contribution in [2.75, 3.05) is 12.4 Å². The number of Topliss-reactive ketones (excluding diaryl/α,β-unsaturated/α-hetero) is 1. The maximum Gasteiger partial charge on any atom is 0.287 e. The van der Waals surface area contributed by atoms with Crippen molar-refractivity contribution in [3.8, 4) is 0 Å². The first-order valence-electron chi connectivity index (χ1n) is 16.5. The summed E-state index contributed by atoms with van der Waals surface area (Å²) in [6, 6.07) is 10.2. The van der Waals surface area contributed by atoms with E-state index in [-0.39, 0.29) is 58.5 Å². The number of ketones is 1. The number of nitrogens with zero attached hydrogens (tertiary/aromatic N) is 1. The molecule has 4 bridgehead atoms. The van der Waals surface area contributed by atoms with E-state index in [1.54, 1.807) is 30.3 Å². The van der Waals surface area contributed by atoms with E-state index in [4.69, 9.17) is 4.42 Å². The third-order valence-corrected chi connectivity index (χ3v) is 10.3. The number of amides is 4. The quantitative estimate of drug-likeness (QED) is 0.228. The number of anilines is 1. The maximum absolute atomic E-state index is 13.5. The highest BCUT2D eigenvalue weighted by Gasteiger charge is 2.64. The summed E-state index contributed by atoms with van der Waals surface area (Å²) in [5, 5.41) is 11.4. The molecule has 2 heterocycles. The second-order valence-corrected chi connectivity index (χ2v) is 15.4. The van der Waals surface area contributed by atoms with Gasteiger partial charge in [-0.15, -0.1) is 0 Å². The molecule has 7 rings (SSSR count). The number of furan rings is 1. The van der Waals surface area contributed by atoms with E-state index in [2.05, 4.69) is 42.0 Å². The van der Waals surface area contributed by atoms with Crippen LogP contribution in [0.25, 0.3) is 11.0 Å². The van der Waals surface area contributed by atoms with Crippen molar-refractivity contribution in [3.05, 3.63) is 64.8 Å². The number of pyridine rings is 1. The summed E-state index contributed by atoms with van der Waals surface area (Å²) >= 11 is 0. The summed E-state index contributed by atoms with van der Waals surface area (Å²) < 4.78 is 6.86. The molecule has 4 aliphatic carbocycles. The average Bonchev–Trinajstić information content (AvgIpc) is 3.42. The van der Waals surface area contributed by atoms with Gasteiger partial charge in [0, 0.05) is 30.6 Å². The summed E-state index contributed by atoms with van der Waals surface area (Å²) in [7, 11) is 1.32. The predicted octanol–water partition coefficient (Wildman–Crippen LogP) is 3.68. The van der Waals surface area contributed by atoms with Crippen molar-refractivity contribution in [2.45, 2.75) is 90.3 Å². The number of hydrogen-bond acceptors (Lipinski definition) is 7. The summed E-state index contributed by atoms with van der Waals surface area (Å²) in [4.78, 5) is 77.6. The van der Waals surface area contributed by atoms with Gasteiger partial charge in [0.2, 0.25) is 17.6 Å². The lowest BCUT2D eigenvalue weighted by Gasteiger charge is -2.69. The summed E-state index contributed by atoms with van der Waals surface area (Å²) in [6.45, 7) is 6.78. The number of para-hydroxylation sites is 1. The highest BCUT2D eigenvalue weighted by Crippen LogP contribution is 2.70. The summed E-state index contributed by atoms with van der Waals surface area (Å²) in [5.41, 5.74) is -0.000385. The predicted molar refractivity (Wildman–Crippen MR) is 178 cm³/mol. The molecular weight excluding hydrogens is 614 g/mol. The van der Waals surface area contributed by atoms with E-state index in [0.29, 0.717) is 11.0 Å². The van der Waals surface area contributed by atoms with Crippen LogP contribution in [0.3, 0.4) is 0 Å². The SMILES string of the molecule is CNC(=O)C(=O)CC[C@H](NC(=O)c1cc2ccccc2o1)C(=O)Nc1cccn(CC(=O)NC23CC4(C)CC(C)(CC(C)(C4)C2)C3)c1=O. The van der Waals surface area contributed by atoms with Crippen LogP contribution in [0.15, 0.2) is 57.9 Å². The van der Waals surface area contributed by atoms with Crippen LogP contribution in [0.5, 0.6) is 0 Å². The van der Waals surface area contributed by atoms with Crippen LogP contribution in [0.2, 0.25) is 0 Å². The Labute approximate surface area is 278 Å². The highest BCUT2D eigenvalue weighted by atomic mass is 16.3. The molecule has 254 valence electrons. The number of hydrogen-bond donors (Lipinski definition) is 4. The molecule has 12 nitrogen and oxygen atoms in total. The van der Waals surface area contributed by atoms with Gasteiger partial charge in [0.25, 0.3) is 17.4 Å². The van der Waals surface area contributed by atoms with Crippen LogP contribution >= 0.6 is 0 Å². The number of carbonyl (C=O) groups is 5. The third-order valence-electron chi connectivity index (χ3n) is 10.3. The van der Waals surface area contributed by atoms with Gasteiger partial charge in [-0.1, -0.05) is 39.0 Å². The average molecular weight is 658 g/mol. The lowest BCUT2D eigenvalue weighted by Crippen LogP contribution is -2.68. The van der Waals surface area contributed by atoms with Crippen molar-refractivity contribution < 1.29 is 28.4 Å². The second-order valence-electron chi connectivity index (χ2n) is 15.4. The molecule has 12 heteroatoms. The Kier molecular flexibility index (Phi) is 8.33.